The standard InChI is InChI=1S/C13H16N2O5S/c16-12(17)7-8-14-13(18)9-1-5-11(6-2-9)21(19,20)15-10-3-4-10/h1-2,5-6,10,15H,3-4,7-8H2,(H,14,18)(H,16,17). The van der Waals surface area contributed by atoms with Crippen LogP contribution in [0.2, 0.25) is 0 Å². The van der Waals surface area contributed by atoms with Crippen LogP contribution in [0.25, 0.3) is 0 Å². The predicted octanol–water partition coefficient (Wildman–Crippen LogP) is 0.332. The van der Waals surface area contributed by atoms with Gasteiger partial charge in [0.1, 0.15) is 0 Å². The Kier molecular flexibility index (Phi) is 4.59. The number of hydrogen-bond acceptors (Lipinski definition) is 4. The van der Waals surface area contributed by atoms with E-state index >= 15 is 0 Å². The van der Waals surface area contributed by atoms with Crippen LogP contribution in [0.1, 0.15) is 29.6 Å². The SMILES string of the molecule is O=C(O)CCNC(=O)c1ccc(S(=O)(=O)NC2CC2)cc1. The largest absolute Gasteiger partial charge is 0.481 e. The zero-order valence-corrected chi connectivity index (χ0v) is 12.0. The molecule has 7 nitrogen and oxygen atoms in total. The Labute approximate surface area is 122 Å². The number of carbonyl (C=O) groups excluding carboxylic acids is 1. The van der Waals surface area contributed by atoms with Crippen LogP contribution in [-0.4, -0.2) is 38.0 Å². The van der Waals surface area contributed by atoms with Gasteiger partial charge in [-0.15, -0.1) is 0 Å². The van der Waals surface area contributed by atoms with Gasteiger partial charge in [0.2, 0.25) is 10.0 Å². The molecule has 0 spiro atoms. The van der Waals surface area contributed by atoms with Crippen molar-refractivity contribution in [2.24, 2.45) is 0 Å². The summed E-state index contributed by atoms with van der Waals surface area (Å²) in [6, 6.07) is 5.54. The average Bonchev–Trinajstić information content (AvgIpc) is 3.21. The van der Waals surface area contributed by atoms with Gasteiger partial charge in [0.25, 0.3) is 5.91 Å². The van der Waals surface area contributed by atoms with Gasteiger partial charge in [0.05, 0.1) is 11.3 Å². The lowest BCUT2D eigenvalue weighted by molar-refractivity contribution is -0.136. The van der Waals surface area contributed by atoms with Crippen molar-refractivity contribution in [1.29, 1.82) is 0 Å². The summed E-state index contributed by atoms with van der Waals surface area (Å²) >= 11 is 0. The second kappa shape index (κ2) is 6.23. The molecule has 0 heterocycles. The summed E-state index contributed by atoms with van der Waals surface area (Å²) in [6.07, 6.45) is 1.54. The molecular formula is C13H16N2O5S. The number of nitrogens with one attached hydrogen (secondary N) is 2. The van der Waals surface area contributed by atoms with E-state index in [1.165, 1.54) is 24.3 Å². The van der Waals surface area contributed by atoms with Crippen LogP contribution in [-0.2, 0) is 14.8 Å². The quantitative estimate of drug-likeness (QED) is 0.671. The third kappa shape index (κ3) is 4.54. The molecule has 0 unspecified atom stereocenters. The number of hydrogen-bond donors (Lipinski definition) is 3. The number of benzene rings is 1. The Morgan fingerprint density at radius 3 is 2.33 bits per heavy atom. The van der Waals surface area contributed by atoms with Crippen LogP contribution in [0, 0.1) is 0 Å². The maximum Gasteiger partial charge on any atom is 0.305 e. The molecule has 21 heavy (non-hydrogen) atoms. The maximum atomic E-state index is 11.9. The van der Waals surface area contributed by atoms with Gasteiger partial charge >= 0.3 is 5.97 Å². The predicted molar refractivity (Wildman–Crippen MR) is 74.4 cm³/mol. The molecule has 1 amide bonds. The molecule has 1 aliphatic carbocycles. The second-order valence-electron chi connectivity index (χ2n) is 4.82. The number of carboxylic acid groups (broad SMARTS) is 1. The van der Waals surface area contributed by atoms with E-state index in [1.807, 2.05) is 0 Å². The van der Waals surface area contributed by atoms with Crippen LogP contribution in [0.4, 0.5) is 0 Å². The highest BCUT2D eigenvalue weighted by Crippen LogP contribution is 2.22. The molecule has 0 radical (unpaired) electrons. The molecule has 0 atom stereocenters. The molecule has 1 fully saturated rings. The number of carbonyl (C=O) groups is 2. The van der Waals surface area contributed by atoms with Gasteiger partial charge in [-0.1, -0.05) is 0 Å². The molecule has 1 aromatic carbocycles. The highest BCUT2D eigenvalue weighted by Gasteiger charge is 2.27. The molecule has 8 heteroatoms. The molecule has 114 valence electrons. The lowest BCUT2D eigenvalue weighted by Crippen LogP contribution is -2.27. The van der Waals surface area contributed by atoms with Crippen LogP contribution >= 0.6 is 0 Å². The van der Waals surface area contributed by atoms with Gasteiger partial charge in [0, 0.05) is 18.2 Å². The summed E-state index contributed by atoms with van der Waals surface area (Å²) < 4.78 is 26.4. The first-order valence-corrected chi connectivity index (χ1v) is 7.99. The fourth-order valence-corrected chi connectivity index (χ4v) is 2.96. The molecule has 0 aromatic heterocycles. The Morgan fingerprint density at radius 2 is 1.81 bits per heavy atom. The van der Waals surface area contributed by atoms with E-state index in [0.29, 0.717) is 0 Å². The molecule has 0 bridgehead atoms. The third-order valence-corrected chi connectivity index (χ3v) is 4.49. The molecule has 1 saturated carbocycles. The van der Waals surface area contributed by atoms with E-state index < -0.39 is 21.9 Å². The van der Waals surface area contributed by atoms with Crippen molar-refractivity contribution in [3.63, 3.8) is 0 Å². The van der Waals surface area contributed by atoms with Crippen molar-refractivity contribution < 1.29 is 23.1 Å². The van der Waals surface area contributed by atoms with Gasteiger partial charge in [0.15, 0.2) is 0 Å². The van der Waals surface area contributed by atoms with Crippen molar-refractivity contribution in [3.05, 3.63) is 29.8 Å². The van der Waals surface area contributed by atoms with E-state index in [2.05, 4.69) is 10.0 Å². The third-order valence-electron chi connectivity index (χ3n) is 2.95. The minimum absolute atomic E-state index is 0.0222. The van der Waals surface area contributed by atoms with Crippen LogP contribution in [0.3, 0.4) is 0 Å². The van der Waals surface area contributed by atoms with Crippen molar-refractivity contribution in [3.8, 4) is 0 Å². The number of sulfonamides is 1. The Hall–Kier alpha value is -1.93. The molecule has 0 saturated heterocycles. The Morgan fingerprint density at radius 1 is 1.19 bits per heavy atom. The van der Waals surface area contributed by atoms with Crippen LogP contribution in [0.15, 0.2) is 29.2 Å². The molecule has 1 aliphatic rings. The first-order valence-electron chi connectivity index (χ1n) is 6.51. The van der Waals surface area contributed by atoms with Crippen molar-refractivity contribution in [2.45, 2.75) is 30.2 Å². The van der Waals surface area contributed by atoms with Crippen molar-refractivity contribution >= 4 is 21.9 Å². The minimum atomic E-state index is -3.53. The number of rotatable bonds is 7. The fraction of sp³-hybridized carbons (Fsp3) is 0.385. The first-order chi connectivity index (χ1) is 9.88. The molecule has 3 N–H and O–H groups in total. The minimum Gasteiger partial charge on any atom is -0.481 e. The van der Waals surface area contributed by atoms with Gasteiger partial charge in [-0.05, 0) is 37.1 Å². The average molecular weight is 312 g/mol. The van der Waals surface area contributed by atoms with E-state index in [4.69, 9.17) is 5.11 Å². The van der Waals surface area contributed by atoms with Gasteiger partial charge < -0.3 is 10.4 Å². The zero-order chi connectivity index (χ0) is 15.5. The number of amides is 1. The number of aliphatic carboxylic acids is 1. The van der Waals surface area contributed by atoms with Crippen LogP contribution in [0.5, 0.6) is 0 Å². The fourth-order valence-electron chi connectivity index (χ4n) is 1.66. The Bertz CT molecular complexity index is 635. The normalized spacial score (nSPS) is 14.7. The first kappa shape index (κ1) is 15.5. The maximum absolute atomic E-state index is 11.9. The van der Waals surface area contributed by atoms with Gasteiger partial charge in [-0.2, -0.15) is 0 Å². The number of carboxylic acids is 1. The lowest BCUT2D eigenvalue weighted by atomic mass is 10.2. The van der Waals surface area contributed by atoms with E-state index in [9.17, 15) is 18.0 Å². The van der Waals surface area contributed by atoms with Crippen molar-refractivity contribution in [1.82, 2.24) is 10.0 Å². The second-order valence-corrected chi connectivity index (χ2v) is 6.53. The topological polar surface area (TPSA) is 113 Å². The highest BCUT2D eigenvalue weighted by atomic mass is 32.2. The van der Waals surface area contributed by atoms with Crippen LogP contribution < -0.4 is 10.0 Å². The van der Waals surface area contributed by atoms with E-state index in [1.54, 1.807) is 0 Å². The summed E-state index contributed by atoms with van der Waals surface area (Å²) in [4.78, 5) is 22.2. The van der Waals surface area contributed by atoms with Gasteiger partial charge in [-0.3, -0.25) is 9.59 Å². The highest BCUT2D eigenvalue weighted by molar-refractivity contribution is 7.89. The molecular weight excluding hydrogens is 296 g/mol. The summed E-state index contributed by atoms with van der Waals surface area (Å²) in [5.74, 6) is -1.43. The van der Waals surface area contributed by atoms with E-state index in [-0.39, 0.29) is 29.5 Å². The molecule has 1 aromatic rings. The van der Waals surface area contributed by atoms with Crippen molar-refractivity contribution in [2.75, 3.05) is 6.54 Å². The molecule has 0 aliphatic heterocycles. The summed E-state index contributed by atoms with van der Waals surface area (Å²) in [7, 11) is -3.53. The monoisotopic (exact) mass is 312 g/mol. The van der Waals surface area contributed by atoms with E-state index in [0.717, 1.165) is 12.8 Å². The summed E-state index contributed by atoms with van der Waals surface area (Å²) in [5.41, 5.74) is 0.283. The summed E-state index contributed by atoms with van der Waals surface area (Å²) in [6.45, 7) is 0.0253. The summed E-state index contributed by atoms with van der Waals surface area (Å²) in [5, 5.41) is 10.9. The van der Waals surface area contributed by atoms with Gasteiger partial charge in [-0.25, -0.2) is 13.1 Å². The smallest absolute Gasteiger partial charge is 0.305 e. The lowest BCUT2D eigenvalue weighted by Gasteiger charge is -2.07. The molecule has 2 rings (SSSR count). The Balaban J connectivity index is 1.97. The zero-order valence-electron chi connectivity index (χ0n) is 11.2.